The van der Waals surface area contributed by atoms with E-state index in [0.717, 1.165) is 12.5 Å². The van der Waals surface area contributed by atoms with Gasteiger partial charge in [-0.2, -0.15) is 5.10 Å². The van der Waals surface area contributed by atoms with Crippen molar-refractivity contribution in [3.8, 4) is 0 Å². The minimum Gasteiger partial charge on any atom is -0.314 e. The van der Waals surface area contributed by atoms with E-state index in [4.69, 9.17) is 0 Å². The van der Waals surface area contributed by atoms with E-state index < -0.39 is 0 Å². The topological polar surface area (TPSA) is 29.9 Å². The van der Waals surface area contributed by atoms with Crippen LogP contribution in [0.3, 0.4) is 0 Å². The van der Waals surface area contributed by atoms with Gasteiger partial charge in [0.2, 0.25) is 0 Å². The smallest absolute Gasteiger partial charge is 0.0628 e. The summed E-state index contributed by atoms with van der Waals surface area (Å²) < 4.78 is 2.02. The number of nitrogens with zero attached hydrogens (tertiary/aromatic N) is 2. The van der Waals surface area contributed by atoms with Crippen molar-refractivity contribution >= 4 is 0 Å². The van der Waals surface area contributed by atoms with Crippen LogP contribution in [0.2, 0.25) is 0 Å². The number of hydrogen-bond donors (Lipinski definition) is 1. The zero-order valence-corrected chi connectivity index (χ0v) is 13.7. The maximum atomic E-state index is 4.54. The van der Waals surface area contributed by atoms with Crippen LogP contribution in [-0.2, 0) is 13.5 Å². The molecule has 0 amide bonds. The van der Waals surface area contributed by atoms with Crippen LogP contribution in [0, 0.1) is 19.8 Å². The van der Waals surface area contributed by atoms with Crippen LogP contribution in [0.1, 0.15) is 62.4 Å². The average Bonchev–Trinajstić information content (AvgIpc) is 3.02. The lowest BCUT2D eigenvalue weighted by Gasteiger charge is -2.25. The van der Waals surface area contributed by atoms with Crippen LogP contribution in [0.15, 0.2) is 0 Å². The zero-order chi connectivity index (χ0) is 14.5. The van der Waals surface area contributed by atoms with Crippen LogP contribution in [-0.4, -0.2) is 22.4 Å². The molecule has 2 rings (SSSR count). The maximum Gasteiger partial charge on any atom is 0.0628 e. The van der Waals surface area contributed by atoms with Crippen molar-refractivity contribution < 1.29 is 0 Å². The molecule has 1 N–H and O–H groups in total. The minimum absolute atomic E-state index is 0.705. The third-order valence-corrected chi connectivity index (χ3v) is 4.99. The monoisotopic (exact) mass is 277 g/mol. The van der Waals surface area contributed by atoms with Crippen LogP contribution < -0.4 is 5.32 Å². The Bertz CT molecular complexity index is 416. The Labute approximate surface area is 124 Å². The van der Waals surface area contributed by atoms with Crippen molar-refractivity contribution in [2.45, 2.75) is 71.8 Å². The highest BCUT2D eigenvalue weighted by Crippen LogP contribution is 2.30. The molecule has 0 saturated heterocycles. The summed E-state index contributed by atoms with van der Waals surface area (Å²) in [6.45, 7) is 7.76. The van der Waals surface area contributed by atoms with E-state index in [2.05, 4.69) is 38.2 Å². The fourth-order valence-electron chi connectivity index (χ4n) is 3.67. The van der Waals surface area contributed by atoms with Crippen molar-refractivity contribution in [1.82, 2.24) is 15.1 Å². The van der Waals surface area contributed by atoms with Crippen molar-refractivity contribution in [2.75, 3.05) is 6.54 Å². The molecule has 0 bridgehead atoms. The van der Waals surface area contributed by atoms with Gasteiger partial charge in [-0.3, -0.25) is 4.68 Å². The molecule has 1 heterocycles. The highest BCUT2D eigenvalue weighted by Gasteiger charge is 2.24. The summed E-state index contributed by atoms with van der Waals surface area (Å²) >= 11 is 0. The Morgan fingerprint density at radius 1 is 1.30 bits per heavy atom. The molecule has 3 nitrogen and oxygen atoms in total. The normalized spacial score (nSPS) is 17.8. The van der Waals surface area contributed by atoms with Gasteiger partial charge in [-0.25, -0.2) is 0 Å². The lowest BCUT2D eigenvalue weighted by atomic mass is 9.92. The molecule has 1 aliphatic rings. The first-order valence-electron chi connectivity index (χ1n) is 8.36. The molecule has 3 heteroatoms. The number of hydrogen-bond acceptors (Lipinski definition) is 2. The molecular weight excluding hydrogens is 246 g/mol. The van der Waals surface area contributed by atoms with Crippen molar-refractivity contribution in [2.24, 2.45) is 13.0 Å². The number of aromatic nitrogens is 2. The second kappa shape index (κ2) is 7.26. The lowest BCUT2D eigenvalue weighted by Crippen LogP contribution is -2.36. The van der Waals surface area contributed by atoms with E-state index in [0.29, 0.717) is 6.04 Å². The Kier molecular flexibility index (Phi) is 5.64. The molecule has 1 atom stereocenters. The Hall–Kier alpha value is -0.830. The van der Waals surface area contributed by atoms with Gasteiger partial charge in [-0.1, -0.05) is 19.8 Å². The molecule has 20 heavy (non-hydrogen) atoms. The number of aryl methyl sites for hydroxylation is 2. The summed E-state index contributed by atoms with van der Waals surface area (Å²) in [5.74, 6) is 0.902. The SMILES string of the molecule is CCCNC(CCc1c(C)nn(C)c1C)C1CCCC1. The standard InChI is InChI=1S/C17H31N3/c1-5-12-18-17(15-8-6-7-9-15)11-10-16-13(2)19-20(4)14(16)3/h15,17-18H,5-12H2,1-4H3. The molecule has 1 aromatic heterocycles. The molecule has 1 fully saturated rings. The largest absolute Gasteiger partial charge is 0.314 e. The van der Waals surface area contributed by atoms with Crippen molar-refractivity contribution in [3.63, 3.8) is 0 Å². The number of rotatable bonds is 7. The van der Waals surface area contributed by atoms with E-state index in [1.807, 2.05) is 4.68 Å². The predicted octanol–water partition coefficient (Wildman–Crippen LogP) is 3.53. The first-order valence-corrected chi connectivity index (χ1v) is 8.36. The van der Waals surface area contributed by atoms with Gasteiger partial charge in [0.25, 0.3) is 0 Å². The molecule has 1 saturated carbocycles. The summed E-state index contributed by atoms with van der Waals surface area (Å²) in [6, 6.07) is 0.705. The molecule has 1 aliphatic carbocycles. The lowest BCUT2D eigenvalue weighted by molar-refractivity contribution is 0.340. The van der Waals surface area contributed by atoms with Gasteiger partial charge in [0.1, 0.15) is 0 Å². The van der Waals surface area contributed by atoms with Gasteiger partial charge in [-0.05, 0) is 64.0 Å². The average molecular weight is 277 g/mol. The molecule has 0 spiro atoms. The third kappa shape index (κ3) is 3.63. The highest BCUT2D eigenvalue weighted by molar-refractivity contribution is 5.24. The molecule has 114 valence electrons. The summed E-state index contributed by atoms with van der Waals surface area (Å²) in [4.78, 5) is 0. The van der Waals surface area contributed by atoms with Gasteiger partial charge in [-0.15, -0.1) is 0 Å². The van der Waals surface area contributed by atoms with Gasteiger partial charge < -0.3 is 5.32 Å². The quantitative estimate of drug-likeness (QED) is 0.826. The van der Waals surface area contributed by atoms with Crippen molar-refractivity contribution in [3.05, 3.63) is 17.0 Å². The van der Waals surface area contributed by atoms with E-state index in [-0.39, 0.29) is 0 Å². The highest BCUT2D eigenvalue weighted by atomic mass is 15.3. The molecule has 0 aliphatic heterocycles. The first kappa shape index (κ1) is 15.6. The van der Waals surface area contributed by atoms with Gasteiger partial charge in [0, 0.05) is 18.8 Å². The summed E-state index contributed by atoms with van der Waals surface area (Å²) in [7, 11) is 2.05. The van der Waals surface area contributed by atoms with E-state index in [9.17, 15) is 0 Å². The van der Waals surface area contributed by atoms with Crippen LogP contribution >= 0.6 is 0 Å². The number of nitrogens with one attached hydrogen (secondary N) is 1. The Morgan fingerprint density at radius 2 is 2.00 bits per heavy atom. The van der Waals surface area contributed by atoms with Gasteiger partial charge in [0.05, 0.1) is 5.69 Å². The van der Waals surface area contributed by atoms with E-state index >= 15 is 0 Å². The second-order valence-corrected chi connectivity index (χ2v) is 6.42. The van der Waals surface area contributed by atoms with Crippen LogP contribution in [0.5, 0.6) is 0 Å². The maximum absolute atomic E-state index is 4.54. The van der Waals surface area contributed by atoms with Crippen molar-refractivity contribution in [1.29, 1.82) is 0 Å². The summed E-state index contributed by atoms with van der Waals surface area (Å²) in [5, 5.41) is 8.34. The summed E-state index contributed by atoms with van der Waals surface area (Å²) in [6.07, 6.45) is 9.37. The fourth-order valence-corrected chi connectivity index (χ4v) is 3.67. The van der Waals surface area contributed by atoms with Crippen LogP contribution in [0.4, 0.5) is 0 Å². The molecular formula is C17H31N3. The van der Waals surface area contributed by atoms with E-state index in [1.165, 1.54) is 61.9 Å². The summed E-state index contributed by atoms with van der Waals surface area (Å²) in [5.41, 5.74) is 4.02. The molecule has 1 aromatic rings. The zero-order valence-electron chi connectivity index (χ0n) is 13.7. The Morgan fingerprint density at radius 3 is 2.55 bits per heavy atom. The first-order chi connectivity index (χ1) is 9.63. The second-order valence-electron chi connectivity index (χ2n) is 6.42. The van der Waals surface area contributed by atoms with Gasteiger partial charge >= 0.3 is 0 Å². The van der Waals surface area contributed by atoms with E-state index in [1.54, 1.807) is 0 Å². The minimum atomic E-state index is 0.705. The van der Waals surface area contributed by atoms with Gasteiger partial charge in [0.15, 0.2) is 0 Å². The molecule has 0 aromatic carbocycles. The molecule has 0 radical (unpaired) electrons. The molecule has 1 unspecified atom stereocenters. The Balaban J connectivity index is 1.96. The van der Waals surface area contributed by atoms with Crippen LogP contribution in [0.25, 0.3) is 0 Å². The fraction of sp³-hybridized carbons (Fsp3) is 0.824. The predicted molar refractivity (Wildman–Crippen MR) is 85.0 cm³/mol. The third-order valence-electron chi connectivity index (χ3n) is 4.99.